The molecule has 0 bridgehead atoms. The average Bonchev–Trinajstić information content (AvgIpc) is 2.59. The van der Waals surface area contributed by atoms with Crippen molar-refractivity contribution in [2.45, 2.75) is 19.9 Å². The van der Waals surface area contributed by atoms with Gasteiger partial charge in [0.25, 0.3) is 5.91 Å². The zero-order chi connectivity index (χ0) is 14.2. The normalized spacial score (nSPS) is 17.9. The summed E-state index contributed by atoms with van der Waals surface area (Å²) in [5.41, 5.74) is 0.648. The summed E-state index contributed by atoms with van der Waals surface area (Å²) >= 11 is 18.7. The third-order valence-corrected chi connectivity index (χ3v) is 4.60. The fourth-order valence-corrected chi connectivity index (χ4v) is 3.72. The van der Waals surface area contributed by atoms with Crippen LogP contribution in [0.1, 0.15) is 19.4 Å². The average molecular weight is 332 g/mol. The molecular formula is C13H11Cl2NOS2. The largest absolute Gasteiger partial charge is 0.290 e. The van der Waals surface area contributed by atoms with Crippen molar-refractivity contribution in [3.8, 4) is 0 Å². The lowest BCUT2D eigenvalue weighted by atomic mass is 10.2. The molecule has 0 unspecified atom stereocenters. The van der Waals surface area contributed by atoms with Gasteiger partial charge in [0.15, 0.2) is 0 Å². The van der Waals surface area contributed by atoms with Crippen molar-refractivity contribution in [1.29, 1.82) is 0 Å². The Morgan fingerprint density at radius 1 is 1.32 bits per heavy atom. The lowest BCUT2D eigenvalue weighted by Crippen LogP contribution is -2.34. The number of amides is 1. The number of hydrogen-bond acceptors (Lipinski definition) is 3. The van der Waals surface area contributed by atoms with Crippen molar-refractivity contribution in [2.24, 2.45) is 0 Å². The molecule has 6 heteroatoms. The summed E-state index contributed by atoms with van der Waals surface area (Å²) in [6.45, 7) is 3.85. The number of benzene rings is 1. The molecule has 1 saturated heterocycles. The molecule has 0 N–H and O–H groups in total. The maximum Gasteiger partial charge on any atom is 0.266 e. The summed E-state index contributed by atoms with van der Waals surface area (Å²) in [7, 11) is 0. The molecule has 1 aromatic carbocycles. The first-order valence-corrected chi connectivity index (χ1v) is 7.61. The first kappa shape index (κ1) is 14.9. The van der Waals surface area contributed by atoms with E-state index in [-0.39, 0.29) is 11.9 Å². The van der Waals surface area contributed by atoms with Gasteiger partial charge in [-0.1, -0.05) is 53.2 Å². The van der Waals surface area contributed by atoms with Crippen molar-refractivity contribution >= 4 is 63.5 Å². The van der Waals surface area contributed by atoms with Crippen LogP contribution in [0, 0.1) is 0 Å². The van der Waals surface area contributed by atoms with Crippen molar-refractivity contribution < 1.29 is 4.79 Å². The van der Waals surface area contributed by atoms with E-state index in [1.807, 2.05) is 13.8 Å². The van der Waals surface area contributed by atoms with Crippen molar-refractivity contribution in [3.63, 3.8) is 0 Å². The lowest BCUT2D eigenvalue weighted by Gasteiger charge is -2.18. The molecule has 0 atom stereocenters. The van der Waals surface area contributed by atoms with Gasteiger partial charge in [-0.3, -0.25) is 9.69 Å². The molecular weight excluding hydrogens is 321 g/mol. The molecule has 1 aromatic rings. The number of halogens is 2. The van der Waals surface area contributed by atoms with Crippen LogP contribution in [0.3, 0.4) is 0 Å². The number of hydrogen-bond donors (Lipinski definition) is 0. The van der Waals surface area contributed by atoms with Gasteiger partial charge in [-0.05, 0) is 32.1 Å². The molecule has 0 saturated carbocycles. The van der Waals surface area contributed by atoms with E-state index in [0.29, 0.717) is 24.8 Å². The molecule has 1 aliphatic rings. The SMILES string of the molecule is CC(C)N1C(=O)/C(=C/c2c(Cl)cccc2Cl)SC1=S. The van der Waals surface area contributed by atoms with Gasteiger partial charge in [-0.25, -0.2) is 0 Å². The Hall–Kier alpha value is -0.550. The Morgan fingerprint density at radius 3 is 2.37 bits per heavy atom. The summed E-state index contributed by atoms with van der Waals surface area (Å²) in [5.74, 6) is -0.0963. The lowest BCUT2D eigenvalue weighted by molar-refractivity contribution is -0.123. The van der Waals surface area contributed by atoms with Crippen LogP contribution in [0.2, 0.25) is 10.0 Å². The number of thioether (sulfide) groups is 1. The van der Waals surface area contributed by atoms with E-state index in [0.717, 1.165) is 0 Å². The fraction of sp³-hybridized carbons (Fsp3) is 0.231. The molecule has 19 heavy (non-hydrogen) atoms. The van der Waals surface area contributed by atoms with E-state index >= 15 is 0 Å². The smallest absolute Gasteiger partial charge is 0.266 e. The zero-order valence-electron chi connectivity index (χ0n) is 10.3. The summed E-state index contributed by atoms with van der Waals surface area (Å²) < 4.78 is 0.564. The monoisotopic (exact) mass is 331 g/mol. The molecule has 0 aromatic heterocycles. The standard InChI is InChI=1S/C13H11Cl2NOS2/c1-7(2)16-12(17)11(19-13(16)18)6-8-9(14)4-3-5-10(8)15/h3-7H,1-2H3/b11-6-. The Balaban J connectivity index is 2.41. The third kappa shape index (κ3) is 2.97. The van der Waals surface area contributed by atoms with Crippen LogP contribution >= 0.6 is 47.2 Å². The molecule has 2 rings (SSSR count). The molecule has 1 amide bonds. The van der Waals surface area contributed by atoms with E-state index in [4.69, 9.17) is 35.4 Å². The molecule has 100 valence electrons. The van der Waals surface area contributed by atoms with Gasteiger partial charge >= 0.3 is 0 Å². The first-order chi connectivity index (χ1) is 8.91. The van der Waals surface area contributed by atoms with E-state index < -0.39 is 0 Å². The quantitative estimate of drug-likeness (QED) is 0.583. The molecule has 0 radical (unpaired) electrons. The molecule has 0 spiro atoms. The molecule has 1 aliphatic heterocycles. The van der Waals surface area contributed by atoms with Gasteiger partial charge in [0, 0.05) is 21.7 Å². The van der Waals surface area contributed by atoms with Crippen LogP contribution in [0.4, 0.5) is 0 Å². The molecule has 0 aliphatic carbocycles. The van der Waals surface area contributed by atoms with Crippen LogP contribution in [0.5, 0.6) is 0 Å². The number of nitrogens with zero attached hydrogens (tertiary/aromatic N) is 1. The minimum Gasteiger partial charge on any atom is -0.290 e. The minimum absolute atomic E-state index is 0.0418. The van der Waals surface area contributed by atoms with Gasteiger partial charge in [0.2, 0.25) is 0 Å². The minimum atomic E-state index is -0.0963. The fourth-order valence-electron chi connectivity index (χ4n) is 1.70. The number of rotatable bonds is 2. The van der Waals surface area contributed by atoms with E-state index in [2.05, 4.69) is 0 Å². The summed E-state index contributed by atoms with van der Waals surface area (Å²) in [5, 5.41) is 1.03. The van der Waals surface area contributed by atoms with Gasteiger partial charge in [0.1, 0.15) is 4.32 Å². The predicted molar refractivity (Wildman–Crippen MR) is 86.6 cm³/mol. The van der Waals surface area contributed by atoms with Crippen LogP contribution in [-0.4, -0.2) is 21.2 Å². The second kappa shape index (κ2) is 5.83. The second-order valence-corrected chi connectivity index (χ2v) is 6.77. The van der Waals surface area contributed by atoms with Crippen molar-refractivity contribution in [1.82, 2.24) is 4.90 Å². The summed E-state index contributed by atoms with van der Waals surface area (Å²) in [4.78, 5) is 14.4. The van der Waals surface area contributed by atoms with Crippen molar-refractivity contribution in [2.75, 3.05) is 0 Å². The number of carbonyl (C=O) groups is 1. The predicted octanol–water partition coefficient (Wildman–Crippen LogP) is 4.60. The highest BCUT2D eigenvalue weighted by Crippen LogP contribution is 2.36. The highest BCUT2D eigenvalue weighted by Gasteiger charge is 2.33. The highest BCUT2D eigenvalue weighted by atomic mass is 35.5. The topological polar surface area (TPSA) is 20.3 Å². The Kier molecular flexibility index (Phi) is 4.56. The number of thiocarbonyl (C=S) groups is 1. The molecule has 1 heterocycles. The van der Waals surface area contributed by atoms with Crippen LogP contribution in [-0.2, 0) is 4.79 Å². The van der Waals surface area contributed by atoms with Crippen LogP contribution in [0.15, 0.2) is 23.1 Å². The maximum absolute atomic E-state index is 12.2. The zero-order valence-corrected chi connectivity index (χ0v) is 13.5. The van der Waals surface area contributed by atoms with Gasteiger partial charge in [-0.2, -0.15) is 0 Å². The summed E-state index contributed by atoms with van der Waals surface area (Å²) in [6, 6.07) is 5.28. The summed E-state index contributed by atoms with van der Waals surface area (Å²) in [6.07, 6.45) is 1.70. The maximum atomic E-state index is 12.2. The second-order valence-electron chi connectivity index (χ2n) is 4.28. The number of carbonyl (C=O) groups excluding carboxylic acids is 1. The van der Waals surface area contributed by atoms with E-state index in [1.54, 1.807) is 29.2 Å². The van der Waals surface area contributed by atoms with Crippen LogP contribution < -0.4 is 0 Å². The Labute approximate surface area is 131 Å². The first-order valence-electron chi connectivity index (χ1n) is 5.63. The Morgan fingerprint density at radius 2 is 1.89 bits per heavy atom. The molecule has 2 nitrogen and oxygen atoms in total. The van der Waals surface area contributed by atoms with E-state index in [9.17, 15) is 4.79 Å². The van der Waals surface area contributed by atoms with Gasteiger partial charge < -0.3 is 0 Å². The van der Waals surface area contributed by atoms with E-state index in [1.165, 1.54) is 11.8 Å². The van der Waals surface area contributed by atoms with Gasteiger partial charge in [-0.15, -0.1) is 0 Å². The van der Waals surface area contributed by atoms with Gasteiger partial charge in [0.05, 0.1) is 4.91 Å². The molecule has 1 fully saturated rings. The Bertz CT molecular complexity index is 564. The van der Waals surface area contributed by atoms with Crippen LogP contribution in [0.25, 0.3) is 6.08 Å². The highest BCUT2D eigenvalue weighted by molar-refractivity contribution is 8.26. The van der Waals surface area contributed by atoms with Crippen molar-refractivity contribution in [3.05, 3.63) is 38.7 Å². The third-order valence-electron chi connectivity index (χ3n) is 2.62.